The molecule has 6 heteroatoms. The van der Waals surface area contributed by atoms with Crippen molar-refractivity contribution in [3.05, 3.63) is 16.9 Å². The molecule has 1 amide bonds. The summed E-state index contributed by atoms with van der Waals surface area (Å²) in [5, 5.41) is 4.32. The molecule has 2 aliphatic heterocycles. The van der Waals surface area contributed by atoms with Gasteiger partial charge in [-0.1, -0.05) is 0 Å². The maximum Gasteiger partial charge on any atom is 0.240 e. The highest BCUT2D eigenvalue weighted by molar-refractivity contribution is 9.10. The molecule has 3 aliphatic rings. The van der Waals surface area contributed by atoms with Gasteiger partial charge in [0.05, 0.1) is 22.8 Å². The monoisotopic (exact) mass is 324 g/mol. The molecule has 0 bridgehead atoms. The molecule has 102 valence electrons. The second kappa shape index (κ2) is 4.31. The first-order chi connectivity index (χ1) is 9.22. The zero-order valence-corrected chi connectivity index (χ0v) is 12.3. The number of rotatable bonds is 3. The van der Waals surface area contributed by atoms with Crippen LogP contribution in [0.5, 0.6) is 0 Å². The minimum Gasteiger partial charge on any atom is -0.338 e. The molecule has 1 saturated carbocycles. The van der Waals surface area contributed by atoms with Crippen molar-refractivity contribution in [3.63, 3.8) is 0 Å². The van der Waals surface area contributed by atoms with E-state index in [0.717, 1.165) is 30.5 Å². The highest BCUT2D eigenvalue weighted by Crippen LogP contribution is 2.34. The van der Waals surface area contributed by atoms with Crippen molar-refractivity contribution in [1.29, 1.82) is 0 Å². The Morgan fingerprint density at radius 3 is 2.63 bits per heavy atom. The van der Waals surface area contributed by atoms with Crippen LogP contribution in [0.1, 0.15) is 25.3 Å². The highest BCUT2D eigenvalue weighted by atomic mass is 79.9. The normalized spacial score (nSPS) is 29.0. The summed E-state index contributed by atoms with van der Waals surface area (Å²) in [6.07, 6.45) is 7.25. The van der Waals surface area contributed by atoms with Crippen LogP contribution in [-0.2, 0) is 4.79 Å². The van der Waals surface area contributed by atoms with E-state index < -0.39 is 0 Å². The SMILES string of the molecule is O=C1C(N2CC(n3cc(Br)cn3)C2)CCN1C1CC1. The zero-order valence-electron chi connectivity index (χ0n) is 10.7. The predicted octanol–water partition coefficient (Wildman–Crippen LogP) is 1.27. The van der Waals surface area contributed by atoms with Gasteiger partial charge in [0.1, 0.15) is 0 Å². The lowest BCUT2D eigenvalue weighted by Crippen LogP contribution is -2.55. The Bertz CT molecular complexity index is 506. The molecule has 19 heavy (non-hydrogen) atoms. The van der Waals surface area contributed by atoms with E-state index >= 15 is 0 Å². The van der Waals surface area contributed by atoms with E-state index in [2.05, 4.69) is 30.8 Å². The Labute approximate surface area is 120 Å². The maximum atomic E-state index is 12.3. The van der Waals surface area contributed by atoms with Crippen molar-refractivity contribution in [3.8, 4) is 0 Å². The molecule has 0 spiro atoms. The van der Waals surface area contributed by atoms with Gasteiger partial charge in [-0.05, 0) is 35.2 Å². The first-order valence-electron chi connectivity index (χ1n) is 6.96. The van der Waals surface area contributed by atoms with Crippen molar-refractivity contribution in [2.45, 2.75) is 37.4 Å². The third-order valence-electron chi connectivity index (χ3n) is 4.47. The second-order valence-electron chi connectivity index (χ2n) is 5.81. The minimum absolute atomic E-state index is 0.135. The molecule has 0 aromatic carbocycles. The van der Waals surface area contributed by atoms with Crippen LogP contribution in [0.25, 0.3) is 0 Å². The summed E-state index contributed by atoms with van der Waals surface area (Å²) in [5.41, 5.74) is 0. The van der Waals surface area contributed by atoms with Crippen LogP contribution >= 0.6 is 15.9 Å². The fraction of sp³-hybridized carbons (Fsp3) is 0.692. The topological polar surface area (TPSA) is 41.4 Å². The maximum absolute atomic E-state index is 12.3. The average Bonchev–Trinajstić information content (AvgIpc) is 2.99. The van der Waals surface area contributed by atoms with Crippen LogP contribution in [0, 0.1) is 0 Å². The molecule has 1 aromatic heterocycles. The molecule has 0 N–H and O–H groups in total. The largest absolute Gasteiger partial charge is 0.338 e. The van der Waals surface area contributed by atoms with E-state index in [9.17, 15) is 4.79 Å². The molecule has 1 atom stereocenters. The van der Waals surface area contributed by atoms with Gasteiger partial charge in [-0.2, -0.15) is 5.10 Å². The molecule has 1 aromatic rings. The lowest BCUT2D eigenvalue weighted by molar-refractivity contribution is -0.134. The molecule has 3 fully saturated rings. The van der Waals surface area contributed by atoms with Gasteiger partial charge in [0.2, 0.25) is 5.91 Å². The summed E-state index contributed by atoms with van der Waals surface area (Å²) in [4.78, 5) is 16.7. The van der Waals surface area contributed by atoms with E-state index in [-0.39, 0.29) is 6.04 Å². The van der Waals surface area contributed by atoms with Crippen molar-refractivity contribution in [1.82, 2.24) is 19.6 Å². The van der Waals surface area contributed by atoms with Crippen LogP contribution in [0.2, 0.25) is 0 Å². The standard InChI is InChI=1S/C13H17BrN4O/c14-9-5-15-18(6-9)11-7-16(8-11)12-3-4-17(13(12)19)10-1-2-10/h5-6,10-12H,1-4,7-8H2. The molecule has 0 radical (unpaired) electrons. The van der Waals surface area contributed by atoms with Crippen molar-refractivity contribution in [2.24, 2.45) is 0 Å². The zero-order chi connectivity index (χ0) is 13.0. The number of amides is 1. The van der Waals surface area contributed by atoms with E-state index in [0.29, 0.717) is 18.0 Å². The summed E-state index contributed by atoms with van der Waals surface area (Å²) in [7, 11) is 0. The number of aromatic nitrogens is 2. The molecule has 1 aliphatic carbocycles. The number of carbonyl (C=O) groups is 1. The fourth-order valence-electron chi connectivity index (χ4n) is 3.20. The highest BCUT2D eigenvalue weighted by Gasteiger charge is 2.46. The molecular weight excluding hydrogens is 308 g/mol. The first-order valence-corrected chi connectivity index (χ1v) is 7.76. The van der Waals surface area contributed by atoms with Crippen LogP contribution in [0.4, 0.5) is 0 Å². The smallest absolute Gasteiger partial charge is 0.240 e. The van der Waals surface area contributed by atoms with E-state index in [4.69, 9.17) is 0 Å². The third-order valence-corrected chi connectivity index (χ3v) is 4.88. The number of carbonyl (C=O) groups excluding carboxylic acids is 1. The molecule has 4 rings (SSSR count). The molecular formula is C13H17BrN4O. The molecule has 1 unspecified atom stereocenters. The van der Waals surface area contributed by atoms with Gasteiger partial charge in [-0.3, -0.25) is 14.4 Å². The predicted molar refractivity (Wildman–Crippen MR) is 73.7 cm³/mol. The Kier molecular flexibility index (Phi) is 2.70. The fourth-order valence-corrected chi connectivity index (χ4v) is 3.50. The lowest BCUT2D eigenvalue weighted by atomic mass is 10.0. The van der Waals surface area contributed by atoms with Crippen LogP contribution in [0.3, 0.4) is 0 Å². The van der Waals surface area contributed by atoms with Crippen LogP contribution in [0.15, 0.2) is 16.9 Å². The second-order valence-corrected chi connectivity index (χ2v) is 6.73. The Hall–Kier alpha value is -0.880. The van der Waals surface area contributed by atoms with Crippen LogP contribution < -0.4 is 0 Å². The summed E-state index contributed by atoms with van der Waals surface area (Å²) in [5.74, 6) is 0.364. The number of hydrogen-bond acceptors (Lipinski definition) is 3. The molecule has 5 nitrogen and oxygen atoms in total. The van der Waals surface area contributed by atoms with Gasteiger partial charge < -0.3 is 4.90 Å². The van der Waals surface area contributed by atoms with Crippen molar-refractivity contribution < 1.29 is 4.79 Å². The quantitative estimate of drug-likeness (QED) is 0.840. The summed E-state index contributed by atoms with van der Waals surface area (Å²) >= 11 is 3.42. The minimum atomic E-state index is 0.135. The Balaban J connectivity index is 1.37. The van der Waals surface area contributed by atoms with Gasteiger partial charge >= 0.3 is 0 Å². The molecule has 2 saturated heterocycles. The summed E-state index contributed by atoms with van der Waals surface area (Å²) in [6.45, 7) is 2.86. The Morgan fingerprint density at radius 1 is 1.21 bits per heavy atom. The number of halogens is 1. The number of hydrogen-bond donors (Lipinski definition) is 0. The summed E-state index contributed by atoms with van der Waals surface area (Å²) < 4.78 is 3.02. The average molecular weight is 325 g/mol. The number of nitrogens with zero attached hydrogens (tertiary/aromatic N) is 4. The Morgan fingerprint density at radius 2 is 2.00 bits per heavy atom. The van der Waals surface area contributed by atoms with Gasteiger partial charge in [0, 0.05) is 31.9 Å². The number of likely N-dealkylation sites (tertiary alicyclic amines) is 2. The van der Waals surface area contributed by atoms with Crippen molar-refractivity contribution in [2.75, 3.05) is 19.6 Å². The van der Waals surface area contributed by atoms with Gasteiger partial charge in [0.25, 0.3) is 0 Å². The van der Waals surface area contributed by atoms with Gasteiger partial charge in [0.15, 0.2) is 0 Å². The lowest BCUT2D eigenvalue weighted by Gasteiger charge is -2.42. The first kappa shape index (κ1) is 11.9. The third kappa shape index (κ3) is 2.01. The van der Waals surface area contributed by atoms with E-state index in [1.807, 2.05) is 17.1 Å². The van der Waals surface area contributed by atoms with E-state index in [1.54, 1.807) is 0 Å². The van der Waals surface area contributed by atoms with Crippen molar-refractivity contribution >= 4 is 21.8 Å². The molecule has 3 heterocycles. The van der Waals surface area contributed by atoms with Gasteiger partial charge in [-0.25, -0.2) is 0 Å². The van der Waals surface area contributed by atoms with E-state index in [1.165, 1.54) is 12.8 Å². The summed E-state index contributed by atoms with van der Waals surface area (Å²) in [6, 6.07) is 1.13. The van der Waals surface area contributed by atoms with Crippen LogP contribution in [-0.4, -0.2) is 57.2 Å². The van der Waals surface area contributed by atoms with Gasteiger partial charge in [-0.15, -0.1) is 0 Å².